The molecule has 2 atom stereocenters. The maximum Gasteiger partial charge on any atom is 0.170 e. The van der Waals surface area contributed by atoms with Crippen molar-refractivity contribution in [1.82, 2.24) is 19.8 Å². The van der Waals surface area contributed by atoms with Crippen LogP contribution in [-0.2, 0) is 0 Å². The van der Waals surface area contributed by atoms with E-state index in [4.69, 9.17) is 28.8 Å². The van der Waals surface area contributed by atoms with Crippen molar-refractivity contribution in [3.63, 3.8) is 0 Å². The number of pyridine rings is 1. The van der Waals surface area contributed by atoms with Gasteiger partial charge in [0.15, 0.2) is 5.11 Å². The van der Waals surface area contributed by atoms with Gasteiger partial charge in [-0.15, -0.1) is 0 Å². The van der Waals surface area contributed by atoms with E-state index < -0.39 is 0 Å². The van der Waals surface area contributed by atoms with Crippen LogP contribution in [0.3, 0.4) is 0 Å². The summed E-state index contributed by atoms with van der Waals surface area (Å²) in [5, 5.41) is 5.24. The Balaban J connectivity index is 1.62. The number of nitrogens with one attached hydrogen (secondary N) is 1. The number of rotatable bonds is 4. The molecular weight excluding hydrogens is 436 g/mol. The highest BCUT2D eigenvalue weighted by atomic mass is 35.5. The van der Waals surface area contributed by atoms with E-state index in [1.165, 1.54) is 49.1 Å². The van der Waals surface area contributed by atoms with E-state index in [1.54, 1.807) is 0 Å². The van der Waals surface area contributed by atoms with Crippen LogP contribution in [0.2, 0.25) is 5.02 Å². The van der Waals surface area contributed by atoms with E-state index in [1.807, 2.05) is 24.4 Å². The molecular formula is C26H29ClN4S. The van der Waals surface area contributed by atoms with Crippen LogP contribution in [0.15, 0.2) is 54.7 Å². The van der Waals surface area contributed by atoms with Crippen LogP contribution in [-0.4, -0.2) is 25.6 Å². The Labute approximate surface area is 200 Å². The molecule has 3 aromatic rings. The van der Waals surface area contributed by atoms with Crippen LogP contribution in [0.1, 0.15) is 66.8 Å². The van der Waals surface area contributed by atoms with Gasteiger partial charge in [0.1, 0.15) is 0 Å². The number of benzene rings is 1. The molecule has 0 amide bonds. The third-order valence-electron chi connectivity index (χ3n) is 6.98. The van der Waals surface area contributed by atoms with E-state index in [0.717, 1.165) is 21.5 Å². The van der Waals surface area contributed by atoms with Crippen molar-refractivity contribution in [3.05, 3.63) is 82.4 Å². The van der Waals surface area contributed by atoms with Crippen molar-refractivity contribution >= 4 is 28.9 Å². The van der Waals surface area contributed by atoms with Crippen molar-refractivity contribution in [2.24, 2.45) is 0 Å². The highest BCUT2D eigenvalue weighted by Crippen LogP contribution is 2.44. The summed E-state index contributed by atoms with van der Waals surface area (Å²) >= 11 is 12.1. The SMILES string of the molecule is Cc1cc([C@@H]2[C@@H](c3ccccn3)NC(=S)N2C2CCCCC2)c(C)n1-c1ccc(Cl)cc1. The molecule has 2 fully saturated rings. The minimum Gasteiger partial charge on any atom is -0.352 e. The molecule has 6 heteroatoms. The molecule has 2 aliphatic rings. The summed E-state index contributed by atoms with van der Waals surface area (Å²) in [5.41, 5.74) is 5.92. The Bertz CT molecular complexity index is 1100. The molecule has 1 saturated heterocycles. The minimum atomic E-state index is 0.0322. The van der Waals surface area contributed by atoms with E-state index in [-0.39, 0.29) is 12.1 Å². The summed E-state index contributed by atoms with van der Waals surface area (Å²) in [6, 6.07) is 17.2. The molecule has 0 unspecified atom stereocenters. The lowest BCUT2D eigenvalue weighted by Crippen LogP contribution is -2.40. The fourth-order valence-corrected chi connectivity index (χ4v) is 6.04. The second kappa shape index (κ2) is 8.87. The predicted octanol–water partition coefficient (Wildman–Crippen LogP) is 6.45. The van der Waals surface area contributed by atoms with E-state index in [9.17, 15) is 0 Å². The largest absolute Gasteiger partial charge is 0.352 e. The fraction of sp³-hybridized carbons (Fsp3) is 0.385. The van der Waals surface area contributed by atoms with Gasteiger partial charge in [-0.25, -0.2) is 0 Å². The summed E-state index contributed by atoms with van der Waals surface area (Å²) in [7, 11) is 0. The molecule has 5 rings (SSSR count). The highest BCUT2D eigenvalue weighted by molar-refractivity contribution is 7.80. The lowest BCUT2D eigenvalue weighted by atomic mass is 9.90. The van der Waals surface area contributed by atoms with Gasteiger partial charge in [0, 0.05) is 34.3 Å². The molecule has 1 aliphatic heterocycles. The second-order valence-electron chi connectivity index (χ2n) is 8.96. The molecule has 166 valence electrons. The van der Waals surface area contributed by atoms with Crippen LogP contribution in [0.4, 0.5) is 0 Å². The summed E-state index contributed by atoms with van der Waals surface area (Å²) in [4.78, 5) is 7.19. The van der Waals surface area contributed by atoms with Gasteiger partial charge < -0.3 is 14.8 Å². The topological polar surface area (TPSA) is 33.1 Å². The predicted molar refractivity (Wildman–Crippen MR) is 134 cm³/mol. The van der Waals surface area contributed by atoms with Crippen LogP contribution in [0.25, 0.3) is 5.69 Å². The first-order valence-electron chi connectivity index (χ1n) is 11.5. The molecule has 1 aliphatic carbocycles. The van der Waals surface area contributed by atoms with Crippen LogP contribution in [0.5, 0.6) is 0 Å². The van der Waals surface area contributed by atoms with Gasteiger partial charge in [0.25, 0.3) is 0 Å². The minimum absolute atomic E-state index is 0.0322. The molecule has 32 heavy (non-hydrogen) atoms. The van der Waals surface area contributed by atoms with Crippen molar-refractivity contribution < 1.29 is 0 Å². The average Bonchev–Trinajstić information content (AvgIpc) is 3.31. The molecule has 0 radical (unpaired) electrons. The zero-order valence-corrected chi connectivity index (χ0v) is 20.2. The quantitative estimate of drug-likeness (QED) is 0.450. The van der Waals surface area contributed by atoms with Crippen LogP contribution >= 0.6 is 23.8 Å². The van der Waals surface area contributed by atoms with Crippen molar-refractivity contribution in [2.45, 2.75) is 64.1 Å². The van der Waals surface area contributed by atoms with E-state index >= 15 is 0 Å². The third-order valence-corrected chi connectivity index (χ3v) is 7.56. The van der Waals surface area contributed by atoms with Crippen LogP contribution in [0, 0.1) is 13.8 Å². The lowest BCUT2D eigenvalue weighted by molar-refractivity contribution is 0.197. The normalized spacial score (nSPS) is 21.7. The summed E-state index contributed by atoms with van der Waals surface area (Å²) in [6.07, 6.45) is 8.14. The number of hydrogen-bond donors (Lipinski definition) is 1. The Hall–Kier alpha value is -2.37. The summed E-state index contributed by atoms with van der Waals surface area (Å²) in [5.74, 6) is 0. The number of halogens is 1. The number of hydrogen-bond acceptors (Lipinski definition) is 2. The third kappa shape index (κ3) is 3.82. The molecule has 3 heterocycles. The maximum absolute atomic E-state index is 6.15. The van der Waals surface area contributed by atoms with Gasteiger partial charge >= 0.3 is 0 Å². The molecule has 0 spiro atoms. The standard InChI is InChI=1S/C26H29ClN4S/c1-17-16-22(18(2)30(17)21-13-11-19(27)12-14-21)25-24(23-10-6-7-15-28-23)29-26(32)31(25)20-8-4-3-5-9-20/h6-7,10-16,20,24-25H,3-5,8-9H2,1-2H3,(H,29,32)/t24-,25-/m1/s1. The molecule has 0 bridgehead atoms. The zero-order chi connectivity index (χ0) is 22.2. The van der Waals surface area contributed by atoms with Gasteiger partial charge in [-0.1, -0.05) is 36.9 Å². The van der Waals surface area contributed by atoms with Crippen molar-refractivity contribution in [3.8, 4) is 5.69 Å². The number of aryl methyl sites for hydroxylation is 1. The Morgan fingerprint density at radius 3 is 2.47 bits per heavy atom. The maximum atomic E-state index is 6.15. The average molecular weight is 465 g/mol. The number of nitrogens with zero attached hydrogens (tertiary/aromatic N) is 3. The highest BCUT2D eigenvalue weighted by Gasteiger charge is 2.44. The zero-order valence-electron chi connectivity index (χ0n) is 18.6. The number of thiocarbonyl (C=S) groups is 1. The first kappa shape index (κ1) is 21.5. The van der Waals surface area contributed by atoms with Gasteiger partial charge in [-0.05, 0) is 86.9 Å². The van der Waals surface area contributed by atoms with Crippen LogP contribution < -0.4 is 5.32 Å². The van der Waals surface area contributed by atoms with Gasteiger partial charge in [-0.3, -0.25) is 4.98 Å². The van der Waals surface area contributed by atoms with Gasteiger partial charge in [-0.2, -0.15) is 0 Å². The Morgan fingerprint density at radius 2 is 1.78 bits per heavy atom. The van der Waals surface area contributed by atoms with Crippen molar-refractivity contribution in [1.29, 1.82) is 0 Å². The van der Waals surface area contributed by atoms with E-state index in [0.29, 0.717) is 6.04 Å². The number of aromatic nitrogens is 2. The first-order chi connectivity index (χ1) is 15.5. The van der Waals surface area contributed by atoms with E-state index in [2.05, 4.69) is 59.0 Å². The molecule has 1 saturated carbocycles. The van der Waals surface area contributed by atoms with Crippen molar-refractivity contribution in [2.75, 3.05) is 0 Å². The smallest absolute Gasteiger partial charge is 0.170 e. The monoisotopic (exact) mass is 464 g/mol. The molecule has 1 aromatic carbocycles. The van der Waals surface area contributed by atoms with Gasteiger partial charge in [0.2, 0.25) is 0 Å². The Kier molecular flexibility index (Phi) is 5.95. The van der Waals surface area contributed by atoms with Gasteiger partial charge in [0.05, 0.1) is 17.8 Å². The summed E-state index contributed by atoms with van der Waals surface area (Å²) < 4.78 is 2.32. The molecule has 1 N–H and O–H groups in total. The molecule has 2 aromatic heterocycles. The fourth-order valence-electron chi connectivity index (χ4n) is 5.53. The second-order valence-corrected chi connectivity index (χ2v) is 9.79. The summed E-state index contributed by atoms with van der Waals surface area (Å²) in [6.45, 7) is 4.39. The Morgan fingerprint density at radius 1 is 1.03 bits per heavy atom. The lowest BCUT2D eigenvalue weighted by Gasteiger charge is -2.37. The first-order valence-corrected chi connectivity index (χ1v) is 12.3. The molecule has 4 nitrogen and oxygen atoms in total.